The Bertz CT molecular complexity index is 807. The van der Waals surface area contributed by atoms with Crippen molar-refractivity contribution in [3.63, 3.8) is 0 Å². The first-order valence-electron chi connectivity index (χ1n) is 6.43. The molecule has 0 aliphatic heterocycles. The number of H-pyrrole nitrogens is 1. The molecule has 1 aromatic carbocycles. The number of amides is 1. The van der Waals surface area contributed by atoms with Crippen LogP contribution >= 0.6 is 0 Å². The second-order valence-electron chi connectivity index (χ2n) is 4.51. The molecule has 21 heavy (non-hydrogen) atoms. The molecule has 2 aromatic heterocycles. The Kier molecular flexibility index (Phi) is 3.49. The third kappa shape index (κ3) is 2.54. The Hall–Kier alpha value is -2.92. The summed E-state index contributed by atoms with van der Waals surface area (Å²) in [6, 6.07) is 12.9. The molecule has 0 radical (unpaired) electrons. The molecule has 0 unspecified atom stereocenters. The van der Waals surface area contributed by atoms with Gasteiger partial charge in [0.05, 0.1) is 0 Å². The number of hydrogen-bond donors (Lipinski definition) is 3. The maximum absolute atomic E-state index is 11.9. The van der Waals surface area contributed by atoms with Gasteiger partial charge in [-0.1, -0.05) is 30.3 Å². The fourth-order valence-electron chi connectivity index (χ4n) is 2.21. The van der Waals surface area contributed by atoms with Crippen LogP contribution in [-0.2, 0) is 4.79 Å². The maximum atomic E-state index is 11.9. The lowest BCUT2D eigenvalue weighted by Gasteiger charge is -2.05. The SMILES string of the molecule is O=C(NO)C(=Cc1c[nH]c2ncccc12)c1ccccc1. The molecule has 5 heteroatoms. The van der Waals surface area contributed by atoms with Gasteiger partial charge in [0, 0.05) is 28.9 Å². The summed E-state index contributed by atoms with van der Waals surface area (Å²) in [5.41, 5.74) is 4.38. The van der Waals surface area contributed by atoms with E-state index in [1.807, 2.05) is 42.5 Å². The van der Waals surface area contributed by atoms with E-state index in [2.05, 4.69) is 9.97 Å². The minimum absolute atomic E-state index is 0.378. The highest BCUT2D eigenvalue weighted by atomic mass is 16.5. The second-order valence-corrected chi connectivity index (χ2v) is 4.51. The van der Waals surface area contributed by atoms with E-state index >= 15 is 0 Å². The molecule has 0 saturated carbocycles. The number of carbonyl (C=O) groups excluding carboxylic acids is 1. The van der Waals surface area contributed by atoms with Gasteiger partial charge in [-0.15, -0.1) is 0 Å². The summed E-state index contributed by atoms with van der Waals surface area (Å²) in [4.78, 5) is 19.2. The van der Waals surface area contributed by atoms with Gasteiger partial charge in [0.25, 0.3) is 5.91 Å². The zero-order valence-electron chi connectivity index (χ0n) is 11.1. The van der Waals surface area contributed by atoms with E-state index < -0.39 is 5.91 Å². The first-order valence-corrected chi connectivity index (χ1v) is 6.43. The number of hydroxylamine groups is 1. The Morgan fingerprint density at radius 1 is 1.19 bits per heavy atom. The van der Waals surface area contributed by atoms with E-state index in [1.54, 1.807) is 23.9 Å². The highest BCUT2D eigenvalue weighted by Gasteiger charge is 2.12. The zero-order chi connectivity index (χ0) is 14.7. The van der Waals surface area contributed by atoms with Gasteiger partial charge in [0.2, 0.25) is 0 Å². The smallest absolute Gasteiger partial charge is 0.275 e. The molecule has 3 rings (SSSR count). The van der Waals surface area contributed by atoms with Crippen LogP contribution in [0.1, 0.15) is 11.1 Å². The number of fused-ring (bicyclic) bond motifs is 1. The first kappa shape index (κ1) is 13.1. The zero-order valence-corrected chi connectivity index (χ0v) is 11.1. The molecule has 5 nitrogen and oxygen atoms in total. The average Bonchev–Trinajstić information content (AvgIpc) is 2.96. The molecule has 3 N–H and O–H groups in total. The van der Waals surface area contributed by atoms with Gasteiger partial charge in [-0.05, 0) is 23.8 Å². The molecule has 0 fully saturated rings. The Labute approximate surface area is 120 Å². The number of benzene rings is 1. The van der Waals surface area contributed by atoms with E-state index in [9.17, 15) is 4.79 Å². The number of carbonyl (C=O) groups is 1. The van der Waals surface area contributed by atoms with Crippen molar-refractivity contribution in [1.82, 2.24) is 15.4 Å². The van der Waals surface area contributed by atoms with Gasteiger partial charge in [-0.25, -0.2) is 10.5 Å². The Morgan fingerprint density at radius 3 is 2.76 bits per heavy atom. The summed E-state index contributed by atoms with van der Waals surface area (Å²) in [7, 11) is 0. The van der Waals surface area contributed by atoms with Crippen molar-refractivity contribution >= 4 is 28.6 Å². The minimum Gasteiger partial charge on any atom is -0.346 e. The van der Waals surface area contributed by atoms with Crippen LogP contribution in [0.5, 0.6) is 0 Å². The molecule has 1 amide bonds. The summed E-state index contributed by atoms with van der Waals surface area (Å²) in [6.07, 6.45) is 5.21. The van der Waals surface area contributed by atoms with Crippen molar-refractivity contribution < 1.29 is 10.0 Å². The molecule has 0 bridgehead atoms. The standard InChI is InChI=1S/C16H13N3O2/c20-16(19-21)14(11-5-2-1-3-6-11)9-12-10-18-15-13(12)7-4-8-17-15/h1-10,21H,(H,17,18)(H,19,20). The van der Waals surface area contributed by atoms with Crippen LogP contribution < -0.4 is 5.48 Å². The van der Waals surface area contributed by atoms with Gasteiger partial charge in [0.1, 0.15) is 5.65 Å². The number of pyridine rings is 1. The molecule has 0 spiro atoms. The summed E-state index contributed by atoms with van der Waals surface area (Å²) in [5.74, 6) is -0.556. The molecule has 2 heterocycles. The van der Waals surface area contributed by atoms with Crippen molar-refractivity contribution in [2.75, 3.05) is 0 Å². The van der Waals surface area contributed by atoms with Crippen LogP contribution in [0.15, 0.2) is 54.9 Å². The molecule has 0 aliphatic rings. The monoisotopic (exact) mass is 279 g/mol. The Balaban J connectivity index is 2.14. The number of nitrogens with zero attached hydrogens (tertiary/aromatic N) is 1. The van der Waals surface area contributed by atoms with Gasteiger partial charge in [-0.3, -0.25) is 10.0 Å². The predicted molar refractivity (Wildman–Crippen MR) is 80.3 cm³/mol. The van der Waals surface area contributed by atoms with E-state index in [-0.39, 0.29) is 0 Å². The molecule has 104 valence electrons. The van der Waals surface area contributed by atoms with Crippen LogP contribution in [0.4, 0.5) is 0 Å². The average molecular weight is 279 g/mol. The highest BCUT2D eigenvalue weighted by Crippen LogP contribution is 2.23. The van der Waals surface area contributed by atoms with E-state index in [4.69, 9.17) is 5.21 Å². The van der Waals surface area contributed by atoms with Crippen LogP contribution in [0.2, 0.25) is 0 Å². The van der Waals surface area contributed by atoms with Crippen molar-refractivity contribution in [3.8, 4) is 0 Å². The number of aromatic nitrogens is 2. The lowest BCUT2D eigenvalue weighted by molar-refractivity contribution is -0.123. The van der Waals surface area contributed by atoms with E-state index in [0.717, 1.165) is 22.2 Å². The van der Waals surface area contributed by atoms with Gasteiger partial charge in [0.15, 0.2) is 0 Å². The van der Waals surface area contributed by atoms with Gasteiger partial charge >= 0.3 is 0 Å². The first-order chi connectivity index (χ1) is 10.3. The fourth-order valence-corrected chi connectivity index (χ4v) is 2.21. The van der Waals surface area contributed by atoms with Crippen LogP contribution in [0.25, 0.3) is 22.7 Å². The second kappa shape index (κ2) is 5.60. The summed E-state index contributed by atoms with van der Waals surface area (Å²) < 4.78 is 0. The minimum atomic E-state index is -0.556. The molecule has 0 atom stereocenters. The Morgan fingerprint density at radius 2 is 2.00 bits per heavy atom. The summed E-state index contributed by atoms with van der Waals surface area (Å²) in [6.45, 7) is 0. The normalized spacial score (nSPS) is 11.6. The molecular formula is C16H13N3O2. The molecule has 0 aliphatic carbocycles. The summed E-state index contributed by atoms with van der Waals surface area (Å²) in [5, 5.41) is 9.86. The van der Waals surface area contributed by atoms with Crippen molar-refractivity contribution in [3.05, 3.63) is 66.0 Å². The summed E-state index contributed by atoms with van der Waals surface area (Å²) >= 11 is 0. The number of aromatic amines is 1. The topological polar surface area (TPSA) is 78.0 Å². The number of nitrogens with one attached hydrogen (secondary N) is 2. The van der Waals surface area contributed by atoms with Crippen LogP contribution in [0.3, 0.4) is 0 Å². The van der Waals surface area contributed by atoms with Crippen LogP contribution in [0, 0.1) is 0 Å². The lowest BCUT2D eigenvalue weighted by Crippen LogP contribution is -2.19. The third-order valence-corrected chi connectivity index (χ3v) is 3.21. The van der Waals surface area contributed by atoms with E-state index in [1.165, 1.54) is 0 Å². The van der Waals surface area contributed by atoms with Crippen molar-refractivity contribution in [2.24, 2.45) is 0 Å². The number of hydrogen-bond acceptors (Lipinski definition) is 3. The third-order valence-electron chi connectivity index (χ3n) is 3.21. The number of rotatable bonds is 3. The molecule has 0 saturated heterocycles. The van der Waals surface area contributed by atoms with E-state index in [0.29, 0.717) is 5.57 Å². The van der Waals surface area contributed by atoms with Crippen molar-refractivity contribution in [2.45, 2.75) is 0 Å². The van der Waals surface area contributed by atoms with Crippen molar-refractivity contribution in [1.29, 1.82) is 0 Å². The fraction of sp³-hybridized carbons (Fsp3) is 0. The van der Waals surface area contributed by atoms with Gasteiger partial charge < -0.3 is 4.98 Å². The lowest BCUT2D eigenvalue weighted by atomic mass is 10.0. The quantitative estimate of drug-likeness (QED) is 0.392. The van der Waals surface area contributed by atoms with Gasteiger partial charge in [-0.2, -0.15) is 0 Å². The molecule has 3 aromatic rings. The largest absolute Gasteiger partial charge is 0.346 e. The highest BCUT2D eigenvalue weighted by molar-refractivity contribution is 6.24. The molecular weight excluding hydrogens is 266 g/mol. The predicted octanol–water partition coefficient (Wildman–Crippen LogP) is 2.61. The van der Waals surface area contributed by atoms with Crippen LogP contribution in [-0.4, -0.2) is 21.1 Å². The maximum Gasteiger partial charge on any atom is 0.275 e.